The number of fused-ring (bicyclic) bond motifs is 5. The predicted molar refractivity (Wildman–Crippen MR) is 122 cm³/mol. The van der Waals surface area contributed by atoms with Crippen molar-refractivity contribution in [2.24, 2.45) is 39.5 Å². The molecule has 1 aromatic rings. The molecule has 7 atom stereocenters. The Kier molecular flexibility index (Phi) is 5.04. The number of aliphatic imine (C=N–C) groups is 1. The van der Waals surface area contributed by atoms with Crippen LogP contribution in [0.15, 0.2) is 29.3 Å². The van der Waals surface area contributed by atoms with Crippen molar-refractivity contribution in [3.05, 3.63) is 29.8 Å². The molecule has 4 saturated carbocycles. The minimum atomic E-state index is -0.714. The van der Waals surface area contributed by atoms with Crippen molar-refractivity contribution in [2.75, 3.05) is 6.54 Å². The number of hydrogen-bond acceptors (Lipinski definition) is 3. The van der Waals surface area contributed by atoms with E-state index in [0.29, 0.717) is 17.9 Å². The van der Waals surface area contributed by atoms with E-state index in [-0.39, 0.29) is 11.2 Å². The van der Waals surface area contributed by atoms with Gasteiger partial charge in [0, 0.05) is 17.2 Å². The molecule has 0 radical (unpaired) electrons. The number of benzene rings is 1. The molecule has 0 aliphatic heterocycles. The Hall–Kier alpha value is -1.35. The van der Waals surface area contributed by atoms with Gasteiger partial charge in [-0.2, -0.15) is 0 Å². The molecule has 4 fully saturated rings. The Labute approximate surface area is 182 Å². The average Bonchev–Trinajstić information content (AvgIpc) is 3.00. The van der Waals surface area contributed by atoms with Crippen LogP contribution in [0.5, 0.6) is 5.75 Å². The topological polar surface area (TPSA) is 52.8 Å². The lowest BCUT2D eigenvalue weighted by molar-refractivity contribution is -0.147. The van der Waals surface area contributed by atoms with Crippen LogP contribution < -0.4 is 0 Å². The second-order valence-corrected chi connectivity index (χ2v) is 11.5. The molecule has 3 nitrogen and oxygen atoms in total. The first kappa shape index (κ1) is 20.5. The zero-order chi connectivity index (χ0) is 21.0. The summed E-state index contributed by atoms with van der Waals surface area (Å²) in [6.07, 6.45) is 14.7. The van der Waals surface area contributed by atoms with Crippen LogP contribution in [0.2, 0.25) is 0 Å². The summed E-state index contributed by atoms with van der Waals surface area (Å²) >= 11 is 0. The first-order valence-corrected chi connectivity index (χ1v) is 12.4. The molecule has 3 heteroatoms. The lowest BCUT2D eigenvalue weighted by Crippen LogP contribution is -2.56. The van der Waals surface area contributed by atoms with E-state index in [9.17, 15) is 10.2 Å². The van der Waals surface area contributed by atoms with Gasteiger partial charge >= 0.3 is 0 Å². The van der Waals surface area contributed by atoms with Gasteiger partial charge in [-0.05, 0) is 92.6 Å². The molecule has 4 unspecified atom stereocenters. The summed E-state index contributed by atoms with van der Waals surface area (Å²) in [6.45, 7) is 5.44. The van der Waals surface area contributed by atoms with E-state index >= 15 is 0 Å². The predicted octanol–water partition coefficient (Wildman–Crippen LogP) is 5.98. The van der Waals surface area contributed by atoms with Crippen molar-refractivity contribution in [1.29, 1.82) is 0 Å². The van der Waals surface area contributed by atoms with Gasteiger partial charge in [-0.1, -0.05) is 38.8 Å². The van der Waals surface area contributed by atoms with Gasteiger partial charge in [0.2, 0.25) is 0 Å². The van der Waals surface area contributed by atoms with Crippen LogP contribution in [-0.2, 0) is 0 Å². The van der Waals surface area contributed by atoms with Crippen molar-refractivity contribution in [3.8, 4) is 5.75 Å². The molecule has 4 aliphatic rings. The molecule has 0 heterocycles. The summed E-state index contributed by atoms with van der Waals surface area (Å²) in [5.74, 6) is 3.49. The van der Waals surface area contributed by atoms with Gasteiger partial charge < -0.3 is 10.2 Å². The number of aromatic hydroxyl groups is 1. The van der Waals surface area contributed by atoms with Crippen LogP contribution in [0.4, 0.5) is 0 Å². The van der Waals surface area contributed by atoms with E-state index < -0.39 is 5.60 Å². The van der Waals surface area contributed by atoms with Gasteiger partial charge in [0.25, 0.3) is 0 Å². The van der Waals surface area contributed by atoms with E-state index in [0.717, 1.165) is 42.6 Å². The Morgan fingerprint density at radius 3 is 2.60 bits per heavy atom. The van der Waals surface area contributed by atoms with E-state index in [2.05, 4.69) is 18.8 Å². The number of aliphatic hydroxyl groups is 1. The van der Waals surface area contributed by atoms with Gasteiger partial charge in [0.15, 0.2) is 0 Å². The Balaban J connectivity index is 1.35. The van der Waals surface area contributed by atoms with Crippen LogP contribution in [-0.4, -0.2) is 28.6 Å². The summed E-state index contributed by atoms with van der Waals surface area (Å²) in [5.41, 5.74) is 0.537. The lowest BCUT2D eigenvalue weighted by atomic mass is 9.44. The van der Waals surface area contributed by atoms with Crippen LogP contribution >= 0.6 is 0 Å². The largest absolute Gasteiger partial charge is 0.507 e. The highest BCUT2D eigenvalue weighted by atomic mass is 16.3. The van der Waals surface area contributed by atoms with Gasteiger partial charge in [-0.15, -0.1) is 0 Å². The fourth-order valence-corrected chi connectivity index (χ4v) is 8.56. The molecule has 5 rings (SSSR count). The number of phenols is 1. The molecule has 1 aromatic carbocycles. The summed E-state index contributed by atoms with van der Waals surface area (Å²) in [7, 11) is 0. The molecule has 4 aliphatic carbocycles. The van der Waals surface area contributed by atoms with Gasteiger partial charge in [0.1, 0.15) is 5.75 Å². The maximum Gasteiger partial charge on any atom is 0.124 e. The number of phenolic OH excluding ortho intramolecular Hbond substituents is 1. The molecule has 0 saturated heterocycles. The first-order valence-electron chi connectivity index (χ1n) is 12.4. The monoisotopic (exact) mass is 409 g/mol. The third-order valence-electron chi connectivity index (χ3n) is 10.4. The maximum absolute atomic E-state index is 11.8. The minimum Gasteiger partial charge on any atom is -0.507 e. The van der Waals surface area contributed by atoms with Crippen LogP contribution in [0.25, 0.3) is 0 Å². The molecule has 164 valence electrons. The highest BCUT2D eigenvalue weighted by molar-refractivity contribution is 5.83. The maximum atomic E-state index is 11.8. The standard InChI is InChI=1S/C27H39NO2/c1-25-14-6-5-8-20(25)10-11-21-22(25)12-15-26(2)23(21)13-16-27(26,30)18-28-17-19-7-3-4-9-24(19)29/h3-4,7,9,17,20-23,29-30H,5-6,8,10-16,18H2,1-2H3/t20?,21?,22?,23?,25-,26-,27-/m0/s1. The minimum absolute atomic E-state index is 0.0257. The summed E-state index contributed by atoms with van der Waals surface area (Å²) in [4.78, 5) is 4.64. The van der Waals surface area contributed by atoms with Gasteiger partial charge in [-0.3, -0.25) is 4.99 Å². The number of nitrogens with zero attached hydrogens (tertiary/aromatic N) is 1. The van der Waals surface area contributed by atoms with E-state index in [1.165, 1.54) is 44.9 Å². The van der Waals surface area contributed by atoms with E-state index in [1.807, 2.05) is 18.2 Å². The second-order valence-electron chi connectivity index (χ2n) is 11.5. The van der Waals surface area contributed by atoms with Crippen molar-refractivity contribution in [3.63, 3.8) is 0 Å². The van der Waals surface area contributed by atoms with Crippen LogP contribution in [0, 0.1) is 34.5 Å². The highest BCUT2D eigenvalue weighted by Crippen LogP contribution is 2.68. The fourth-order valence-electron chi connectivity index (χ4n) is 8.56. The molecule has 0 bridgehead atoms. The van der Waals surface area contributed by atoms with Crippen LogP contribution in [0.3, 0.4) is 0 Å². The second kappa shape index (κ2) is 7.36. The van der Waals surface area contributed by atoms with E-state index in [4.69, 9.17) is 0 Å². The lowest BCUT2D eigenvalue weighted by Gasteiger charge is -2.61. The molecule has 0 aromatic heterocycles. The van der Waals surface area contributed by atoms with Crippen molar-refractivity contribution in [2.45, 2.75) is 83.7 Å². The Bertz CT molecular complexity index is 821. The zero-order valence-corrected chi connectivity index (χ0v) is 18.8. The molecule has 30 heavy (non-hydrogen) atoms. The summed E-state index contributed by atoms with van der Waals surface area (Å²) in [6, 6.07) is 7.29. The quantitative estimate of drug-likeness (QED) is 0.604. The highest BCUT2D eigenvalue weighted by Gasteiger charge is 2.64. The number of para-hydroxylation sites is 1. The normalized spacial score (nSPS) is 45.7. The first-order chi connectivity index (χ1) is 14.4. The van der Waals surface area contributed by atoms with E-state index in [1.54, 1.807) is 12.3 Å². The Morgan fingerprint density at radius 2 is 1.77 bits per heavy atom. The summed E-state index contributed by atoms with van der Waals surface area (Å²) < 4.78 is 0. The van der Waals surface area contributed by atoms with Gasteiger partial charge in [0.05, 0.1) is 12.1 Å². The van der Waals surface area contributed by atoms with Crippen molar-refractivity contribution in [1.82, 2.24) is 0 Å². The number of hydrogen-bond donors (Lipinski definition) is 2. The molecule has 0 spiro atoms. The molecule has 2 N–H and O–H groups in total. The van der Waals surface area contributed by atoms with Gasteiger partial charge in [-0.25, -0.2) is 0 Å². The molecular weight excluding hydrogens is 370 g/mol. The molecule has 0 amide bonds. The van der Waals surface area contributed by atoms with Crippen molar-refractivity contribution >= 4 is 6.21 Å². The zero-order valence-electron chi connectivity index (χ0n) is 18.8. The summed E-state index contributed by atoms with van der Waals surface area (Å²) in [5, 5.41) is 21.8. The third-order valence-corrected chi connectivity index (χ3v) is 10.4. The number of rotatable bonds is 3. The fraction of sp³-hybridized carbons (Fsp3) is 0.741. The van der Waals surface area contributed by atoms with Crippen LogP contribution in [0.1, 0.15) is 83.6 Å². The molecular formula is C27H39NO2. The smallest absolute Gasteiger partial charge is 0.124 e. The third kappa shape index (κ3) is 2.98. The average molecular weight is 410 g/mol. The van der Waals surface area contributed by atoms with Crippen molar-refractivity contribution < 1.29 is 10.2 Å². The Morgan fingerprint density at radius 1 is 0.967 bits per heavy atom. The SMILES string of the molecule is C[C@]12CCCCC1CCC1C2CC[C@@]2(C)C1CC[C@]2(O)CN=Cc1ccccc1O.